The summed E-state index contributed by atoms with van der Waals surface area (Å²) in [5.74, 6) is -1.57. The van der Waals surface area contributed by atoms with Crippen molar-refractivity contribution in [2.24, 2.45) is 0 Å². The lowest BCUT2D eigenvalue weighted by Gasteiger charge is -2.07. The smallest absolute Gasteiger partial charge is 0.339 e. The number of anilines is 1. The first-order valence-electron chi connectivity index (χ1n) is 5.33. The number of urea groups is 1. The average molecular weight is 267 g/mol. The van der Waals surface area contributed by atoms with E-state index in [4.69, 9.17) is 5.11 Å². The zero-order chi connectivity index (χ0) is 14.3. The summed E-state index contributed by atoms with van der Waals surface area (Å²) in [5, 5.41) is 13.2. The molecular formula is C11H13N3O5. The van der Waals surface area contributed by atoms with E-state index in [9.17, 15) is 14.4 Å². The summed E-state index contributed by atoms with van der Waals surface area (Å²) >= 11 is 0. The van der Waals surface area contributed by atoms with Crippen molar-refractivity contribution in [2.45, 2.75) is 6.42 Å². The van der Waals surface area contributed by atoms with Gasteiger partial charge in [-0.3, -0.25) is 9.78 Å². The number of hydrogen-bond donors (Lipinski definition) is 3. The third-order valence-electron chi connectivity index (χ3n) is 2.04. The van der Waals surface area contributed by atoms with E-state index in [1.807, 2.05) is 0 Å². The Morgan fingerprint density at radius 2 is 2.11 bits per heavy atom. The van der Waals surface area contributed by atoms with E-state index < -0.39 is 18.0 Å². The molecule has 102 valence electrons. The number of ether oxygens (including phenoxy) is 1. The molecule has 0 aliphatic rings. The molecule has 0 aliphatic carbocycles. The van der Waals surface area contributed by atoms with Crippen LogP contribution >= 0.6 is 0 Å². The lowest BCUT2D eigenvalue weighted by atomic mass is 10.2. The van der Waals surface area contributed by atoms with E-state index in [0.717, 1.165) is 0 Å². The van der Waals surface area contributed by atoms with E-state index >= 15 is 0 Å². The second-order valence-corrected chi connectivity index (χ2v) is 3.48. The fourth-order valence-corrected chi connectivity index (χ4v) is 1.20. The number of aromatic nitrogens is 1. The van der Waals surface area contributed by atoms with Gasteiger partial charge in [0.2, 0.25) is 0 Å². The predicted molar refractivity (Wildman–Crippen MR) is 64.9 cm³/mol. The summed E-state index contributed by atoms with van der Waals surface area (Å²) in [6.07, 6.45) is 2.48. The van der Waals surface area contributed by atoms with E-state index in [1.165, 1.54) is 25.6 Å². The lowest BCUT2D eigenvalue weighted by Crippen LogP contribution is -2.30. The van der Waals surface area contributed by atoms with Crippen LogP contribution in [0.3, 0.4) is 0 Å². The van der Waals surface area contributed by atoms with Crippen molar-refractivity contribution in [3.05, 3.63) is 24.0 Å². The second-order valence-electron chi connectivity index (χ2n) is 3.48. The Kier molecular flexibility index (Phi) is 5.27. The van der Waals surface area contributed by atoms with Gasteiger partial charge in [-0.05, 0) is 6.07 Å². The number of aliphatic carboxylic acids is 1. The molecule has 0 unspecified atom stereocenters. The lowest BCUT2D eigenvalue weighted by molar-refractivity contribution is -0.136. The third kappa shape index (κ3) is 5.02. The molecule has 0 saturated heterocycles. The molecule has 8 nitrogen and oxygen atoms in total. The monoisotopic (exact) mass is 267 g/mol. The van der Waals surface area contributed by atoms with Crippen LogP contribution in [0.1, 0.15) is 16.8 Å². The van der Waals surface area contributed by atoms with E-state index in [0.29, 0.717) is 5.69 Å². The zero-order valence-corrected chi connectivity index (χ0v) is 10.2. The van der Waals surface area contributed by atoms with Gasteiger partial charge in [0, 0.05) is 12.7 Å². The maximum Gasteiger partial charge on any atom is 0.339 e. The van der Waals surface area contributed by atoms with Crippen molar-refractivity contribution >= 4 is 23.7 Å². The molecular weight excluding hydrogens is 254 g/mol. The number of nitrogens with one attached hydrogen (secondary N) is 2. The first-order valence-corrected chi connectivity index (χ1v) is 5.33. The number of pyridine rings is 1. The van der Waals surface area contributed by atoms with Crippen molar-refractivity contribution < 1.29 is 24.2 Å². The number of esters is 1. The topological polar surface area (TPSA) is 118 Å². The molecule has 0 bridgehead atoms. The highest BCUT2D eigenvalue weighted by molar-refractivity contribution is 5.93. The second kappa shape index (κ2) is 6.94. The molecule has 1 aromatic heterocycles. The molecule has 0 fully saturated rings. The largest absolute Gasteiger partial charge is 0.481 e. The average Bonchev–Trinajstić information content (AvgIpc) is 2.37. The summed E-state index contributed by atoms with van der Waals surface area (Å²) in [5.41, 5.74) is 0.501. The van der Waals surface area contributed by atoms with Crippen molar-refractivity contribution in [1.29, 1.82) is 0 Å². The van der Waals surface area contributed by atoms with Crippen LogP contribution in [-0.2, 0) is 9.53 Å². The normalized spacial score (nSPS) is 9.53. The summed E-state index contributed by atoms with van der Waals surface area (Å²) in [7, 11) is 1.24. The first-order chi connectivity index (χ1) is 9.02. The van der Waals surface area contributed by atoms with Gasteiger partial charge in [-0.1, -0.05) is 0 Å². The van der Waals surface area contributed by atoms with Gasteiger partial charge in [0.05, 0.1) is 31.0 Å². The van der Waals surface area contributed by atoms with Gasteiger partial charge in [-0.15, -0.1) is 0 Å². The molecule has 2 amide bonds. The number of carboxylic acid groups (broad SMARTS) is 1. The van der Waals surface area contributed by atoms with E-state index in [-0.39, 0.29) is 18.5 Å². The number of rotatable bonds is 5. The number of amides is 2. The summed E-state index contributed by atoms with van der Waals surface area (Å²) < 4.78 is 4.51. The molecule has 1 rings (SSSR count). The van der Waals surface area contributed by atoms with Crippen LogP contribution in [0, 0.1) is 0 Å². The van der Waals surface area contributed by atoms with Gasteiger partial charge < -0.3 is 20.5 Å². The summed E-state index contributed by atoms with van der Waals surface area (Å²) in [4.78, 5) is 36.7. The molecule has 0 atom stereocenters. The van der Waals surface area contributed by atoms with Crippen LogP contribution in [0.25, 0.3) is 0 Å². The Hall–Kier alpha value is -2.64. The van der Waals surface area contributed by atoms with Crippen LogP contribution in [0.15, 0.2) is 18.5 Å². The van der Waals surface area contributed by atoms with Crippen LogP contribution in [0.2, 0.25) is 0 Å². The third-order valence-corrected chi connectivity index (χ3v) is 2.04. The van der Waals surface area contributed by atoms with Crippen molar-refractivity contribution in [1.82, 2.24) is 10.3 Å². The quantitative estimate of drug-likeness (QED) is 0.667. The Morgan fingerprint density at radius 1 is 1.37 bits per heavy atom. The molecule has 0 aliphatic heterocycles. The number of carbonyl (C=O) groups is 3. The molecule has 19 heavy (non-hydrogen) atoms. The summed E-state index contributed by atoms with van der Waals surface area (Å²) in [6.45, 7) is 0.00525. The van der Waals surface area contributed by atoms with Crippen molar-refractivity contribution in [2.75, 3.05) is 19.0 Å². The number of methoxy groups -OCH3 is 1. The number of carbonyl (C=O) groups excluding carboxylic acids is 2. The molecule has 8 heteroatoms. The maximum absolute atomic E-state index is 11.4. The minimum absolute atomic E-state index is 0.00525. The number of nitrogens with zero attached hydrogens (tertiary/aromatic N) is 1. The Morgan fingerprint density at radius 3 is 2.74 bits per heavy atom. The van der Waals surface area contributed by atoms with Gasteiger partial charge in [0.25, 0.3) is 0 Å². The van der Waals surface area contributed by atoms with Crippen LogP contribution < -0.4 is 10.6 Å². The zero-order valence-electron chi connectivity index (χ0n) is 10.2. The minimum Gasteiger partial charge on any atom is -0.481 e. The molecule has 0 aromatic carbocycles. The highest BCUT2D eigenvalue weighted by atomic mass is 16.5. The van der Waals surface area contributed by atoms with E-state index in [2.05, 4.69) is 20.4 Å². The highest BCUT2D eigenvalue weighted by Gasteiger charge is 2.08. The first kappa shape index (κ1) is 14.4. The minimum atomic E-state index is -1.00. The highest BCUT2D eigenvalue weighted by Crippen LogP contribution is 2.09. The molecule has 1 aromatic rings. The molecule has 3 N–H and O–H groups in total. The maximum atomic E-state index is 11.4. The van der Waals surface area contributed by atoms with Crippen LogP contribution in [0.5, 0.6) is 0 Å². The van der Waals surface area contributed by atoms with Gasteiger partial charge in [-0.2, -0.15) is 0 Å². The molecule has 0 radical (unpaired) electrons. The predicted octanol–water partition coefficient (Wildman–Crippen LogP) is 0.464. The van der Waals surface area contributed by atoms with Gasteiger partial charge in [-0.25, -0.2) is 9.59 Å². The SMILES string of the molecule is COC(=O)c1cncc(NC(=O)NCCC(=O)O)c1. The summed E-state index contributed by atoms with van der Waals surface area (Å²) in [6, 6.07) is 0.820. The molecule has 1 heterocycles. The fraction of sp³-hybridized carbons (Fsp3) is 0.273. The Labute approximate surface area is 108 Å². The van der Waals surface area contributed by atoms with Crippen molar-refractivity contribution in [3.63, 3.8) is 0 Å². The fourth-order valence-electron chi connectivity index (χ4n) is 1.20. The van der Waals surface area contributed by atoms with Crippen LogP contribution in [0.4, 0.5) is 10.5 Å². The van der Waals surface area contributed by atoms with Crippen LogP contribution in [-0.4, -0.2) is 41.7 Å². The van der Waals surface area contributed by atoms with Gasteiger partial charge in [0.1, 0.15) is 0 Å². The number of carboxylic acids is 1. The Bertz CT molecular complexity index is 489. The molecule has 0 spiro atoms. The van der Waals surface area contributed by atoms with Crippen molar-refractivity contribution in [3.8, 4) is 0 Å². The standard InChI is InChI=1S/C11H13N3O5/c1-19-10(17)7-4-8(6-12-5-7)14-11(18)13-3-2-9(15)16/h4-6H,2-3H2,1H3,(H,15,16)(H2,13,14,18). The molecule has 0 saturated carbocycles. The Balaban J connectivity index is 2.54. The number of hydrogen-bond acceptors (Lipinski definition) is 5. The van der Waals surface area contributed by atoms with E-state index in [1.54, 1.807) is 0 Å². The van der Waals surface area contributed by atoms with Gasteiger partial charge >= 0.3 is 18.0 Å². The van der Waals surface area contributed by atoms with Gasteiger partial charge in [0.15, 0.2) is 0 Å².